The van der Waals surface area contributed by atoms with Crippen LogP contribution in [0.3, 0.4) is 0 Å². The standard InChI is InChI=1S/C22H28ClN5O4/c1-14-8-10-27(11-9-14)21-24-19-18(20(30)26(3)22(31)25(19)2)28(21)12-16(29)13-32-17-6-4-15(23)5-7-17/h4-7,14,16,29H,8-13H2,1-3H3. The monoisotopic (exact) mass is 461 g/mol. The van der Waals surface area contributed by atoms with E-state index < -0.39 is 17.4 Å². The Hall–Kier alpha value is -2.78. The molecule has 1 saturated heterocycles. The van der Waals surface area contributed by atoms with Crippen LogP contribution < -0.4 is 20.9 Å². The highest BCUT2D eigenvalue weighted by molar-refractivity contribution is 6.30. The third-order valence-corrected chi connectivity index (χ3v) is 6.30. The third-order valence-electron chi connectivity index (χ3n) is 6.04. The van der Waals surface area contributed by atoms with E-state index in [1.165, 1.54) is 11.6 Å². The Morgan fingerprint density at radius 1 is 1.16 bits per heavy atom. The molecule has 32 heavy (non-hydrogen) atoms. The number of hydrogen-bond donors (Lipinski definition) is 1. The van der Waals surface area contributed by atoms with Crippen LogP contribution in [-0.4, -0.2) is 49.6 Å². The molecular formula is C22H28ClN5O4. The van der Waals surface area contributed by atoms with Crippen molar-refractivity contribution in [2.45, 2.75) is 32.4 Å². The van der Waals surface area contributed by atoms with Gasteiger partial charge in [0.2, 0.25) is 5.95 Å². The first-order chi connectivity index (χ1) is 15.3. The van der Waals surface area contributed by atoms with Crippen molar-refractivity contribution in [3.8, 4) is 5.75 Å². The summed E-state index contributed by atoms with van der Waals surface area (Å²) in [5.74, 6) is 1.81. The molecule has 0 radical (unpaired) electrons. The maximum Gasteiger partial charge on any atom is 0.332 e. The number of rotatable bonds is 6. The van der Waals surface area contributed by atoms with E-state index in [9.17, 15) is 14.7 Å². The summed E-state index contributed by atoms with van der Waals surface area (Å²) >= 11 is 5.90. The van der Waals surface area contributed by atoms with Crippen LogP contribution in [0.1, 0.15) is 19.8 Å². The first kappa shape index (κ1) is 22.4. The van der Waals surface area contributed by atoms with Crippen LogP contribution in [0.5, 0.6) is 5.75 Å². The Kier molecular flexibility index (Phi) is 6.30. The Morgan fingerprint density at radius 3 is 2.47 bits per heavy atom. The third kappa shape index (κ3) is 4.27. The number of anilines is 1. The van der Waals surface area contributed by atoms with Gasteiger partial charge in [0.05, 0.1) is 6.54 Å². The number of imidazole rings is 1. The number of ether oxygens (including phenoxy) is 1. The van der Waals surface area contributed by atoms with Gasteiger partial charge in [0, 0.05) is 32.2 Å². The maximum absolute atomic E-state index is 13.0. The molecule has 1 aliphatic heterocycles. The number of nitrogens with zero attached hydrogens (tertiary/aromatic N) is 5. The molecule has 2 aromatic heterocycles. The molecule has 9 nitrogen and oxygen atoms in total. The molecule has 0 bridgehead atoms. The lowest BCUT2D eigenvalue weighted by molar-refractivity contribution is 0.0935. The van der Waals surface area contributed by atoms with Gasteiger partial charge in [0.1, 0.15) is 18.5 Å². The number of hydrogen-bond acceptors (Lipinski definition) is 6. The highest BCUT2D eigenvalue weighted by atomic mass is 35.5. The summed E-state index contributed by atoms with van der Waals surface area (Å²) in [5, 5.41) is 11.4. The molecule has 1 fully saturated rings. The summed E-state index contributed by atoms with van der Waals surface area (Å²) in [6, 6.07) is 6.89. The average molecular weight is 462 g/mol. The van der Waals surface area contributed by atoms with Gasteiger partial charge in [-0.2, -0.15) is 4.98 Å². The highest BCUT2D eigenvalue weighted by Gasteiger charge is 2.26. The number of benzene rings is 1. The first-order valence-corrected chi connectivity index (χ1v) is 11.1. The minimum Gasteiger partial charge on any atom is -0.491 e. The Morgan fingerprint density at radius 2 is 1.81 bits per heavy atom. The lowest BCUT2D eigenvalue weighted by Gasteiger charge is -2.31. The van der Waals surface area contributed by atoms with E-state index in [1.807, 2.05) is 0 Å². The van der Waals surface area contributed by atoms with E-state index in [0.717, 1.165) is 30.5 Å². The summed E-state index contributed by atoms with van der Waals surface area (Å²) in [6.07, 6.45) is 1.14. The Bertz CT molecular complexity index is 1220. The van der Waals surface area contributed by atoms with E-state index in [4.69, 9.17) is 16.3 Å². The van der Waals surface area contributed by atoms with E-state index >= 15 is 0 Å². The summed E-state index contributed by atoms with van der Waals surface area (Å²) in [7, 11) is 3.05. The average Bonchev–Trinajstić information content (AvgIpc) is 3.15. The molecule has 1 unspecified atom stereocenters. The van der Waals surface area contributed by atoms with Crippen molar-refractivity contribution in [2.24, 2.45) is 20.0 Å². The van der Waals surface area contributed by atoms with Crippen molar-refractivity contribution in [2.75, 3.05) is 24.6 Å². The lowest BCUT2D eigenvalue weighted by Crippen LogP contribution is -2.38. The predicted octanol–water partition coefficient (Wildman–Crippen LogP) is 1.76. The van der Waals surface area contributed by atoms with Crippen LogP contribution in [0.4, 0.5) is 5.95 Å². The van der Waals surface area contributed by atoms with Crippen molar-refractivity contribution in [1.82, 2.24) is 18.7 Å². The van der Waals surface area contributed by atoms with Crippen LogP contribution in [0.15, 0.2) is 33.9 Å². The van der Waals surface area contributed by atoms with E-state index in [-0.39, 0.29) is 13.2 Å². The number of aliphatic hydroxyl groups excluding tert-OH is 1. The topological polar surface area (TPSA) is 94.5 Å². The minimum atomic E-state index is -0.896. The smallest absolute Gasteiger partial charge is 0.332 e. The summed E-state index contributed by atoms with van der Waals surface area (Å²) in [4.78, 5) is 32.2. The van der Waals surface area contributed by atoms with E-state index in [1.54, 1.807) is 35.9 Å². The Balaban J connectivity index is 1.69. The molecule has 0 saturated carbocycles. The molecule has 1 N–H and O–H groups in total. The molecule has 0 aliphatic carbocycles. The molecule has 0 spiro atoms. The zero-order valence-electron chi connectivity index (χ0n) is 18.5. The second-order valence-electron chi connectivity index (χ2n) is 8.49. The number of aliphatic hydroxyl groups is 1. The molecule has 10 heteroatoms. The molecule has 3 aromatic rings. The second kappa shape index (κ2) is 8.99. The molecule has 1 atom stereocenters. The van der Waals surface area contributed by atoms with E-state index in [2.05, 4.69) is 16.8 Å². The fourth-order valence-corrected chi connectivity index (χ4v) is 4.17. The SMILES string of the molecule is CC1CCN(c2nc3c(c(=O)n(C)c(=O)n3C)n2CC(O)COc2ccc(Cl)cc2)CC1. The molecular weight excluding hydrogens is 434 g/mol. The number of aromatic nitrogens is 4. The van der Waals surface area contributed by atoms with Crippen molar-refractivity contribution in [3.05, 3.63) is 50.1 Å². The van der Waals surface area contributed by atoms with Gasteiger partial charge in [-0.1, -0.05) is 18.5 Å². The molecule has 172 valence electrons. The summed E-state index contributed by atoms with van der Waals surface area (Å²) in [5.41, 5.74) is -0.248. The number of aryl methyl sites for hydroxylation is 1. The zero-order valence-corrected chi connectivity index (χ0v) is 19.2. The zero-order chi connectivity index (χ0) is 23.0. The molecule has 1 aliphatic rings. The fourth-order valence-electron chi connectivity index (χ4n) is 4.04. The second-order valence-corrected chi connectivity index (χ2v) is 8.93. The molecule has 4 rings (SSSR count). The number of piperidine rings is 1. The number of halogens is 1. The van der Waals surface area contributed by atoms with Crippen LogP contribution >= 0.6 is 11.6 Å². The van der Waals surface area contributed by atoms with Crippen LogP contribution in [-0.2, 0) is 20.6 Å². The van der Waals surface area contributed by atoms with Gasteiger partial charge in [-0.25, -0.2) is 4.79 Å². The largest absolute Gasteiger partial charge is 0.491 e. The number of fused-ring (bicyclic) bond motifs is 1. The first-order valence-electron chi connectivity index (χ1n) is 10.7. The van der Waals surface area contributed by atoms with Crippen LogP contribution in [0, 0.1) is 5.92 Å². The van der Waals surface area contributed by atoms with Crippen molar-refractivity contribution >= 4 is 28.7 Å². The lowest BCUT2D eigenvalue weighted by atomic mass is 10.00. The fraction of sp³-hybridized carbons (Fsp3) is 0.500. The van der Waals surface area contributed by atoms with Crippen molar-refractivity contribution in [1.29, 1.82) is 0 Å². The molecule has 1 aromatic carbocycles. The quantitative estimate of drug-likeness (QED) is 0.601. The normalized spacial score (nSPS) is 16.0. The minimum absolute atomic E-state index is 0.0316. The van der Waals surface area contributed by atoms with Crippen molar-refractivity contribution < 1.29 is 9.84 Å². The van der Waals surface area contributed by atoms with Gasteiger partial charge < -0.3 is 19.3 Å². The van der Waals surface area contributed by atoms with Gasteiger partial charge >= 0.3 is 5.69 Å². The van der Waals surface area contributed by atoms with Crippen LogP contribution in [0.25, 0.3) is 11.2 Å². The summed E-state index contributed by atoms with van der Waals surface area (Å²) < 4.78 is 9.85. The predicted molar refractivity (Wildman–Crippen MR) is 124 cm³/mol. The molecule has 0 amide bonds. The van der Waals surface area contributed by atoms with Gasteiger partial charge in [0.15, 0.2) is 11.2 Å². The maximum atomic E-state index is 13.0. The van der Waals surface area contributed by atoms with Crippen LogP contribution in [0.2, 0.25) is 5.02 Å². The Labute approximate surface area is 190 Å². The van der Waals surface area contributed by atoms with Gasteiger partial charge in [-0.3, -0.25) is 13.9 Å². The highest BCUT2D eigenvalue weighted by Crippen LogP contribution is 2.25. The van der Waals surface area contributed by atoms with Gasteiger partial charge in [0.25, 0.3) is 5.56 Å². The summed E-state index contributed by atoms with van der Waals surface area (Å²) in [6.45, 7) is 3.96. The molecule has 3 heterocycles. The van der Waals surface area contributed by atoms with Crippen molar-refractivity contribution in [3.63, 3.8) is 0 Å². The van der Waals surface area contributed by atoms with E-state index in [0.29, 0.717) is 33.8 Å². The van der Waals surface area contributed by atoms with Gasteiger partial charge in [-0.15, -0.1) is 0 Å². The van der Waals surface area contributed by atoms with Gasteiger partial charge in [-0.05, 0) is 43.0 Å².